The number of likely N-dealkylation sites (N-methyl/N-ethyl adjacent to an activating group) is 1. The van der Waals surface area contributed by atoms with E-state index in [-0.39, 0.29) is 35.4 Å². The van der Waals surface area contributed by atoms with Gasteiger partial charge in [-0.25, -0.2) is 0 Å². The van der Waals surface area contributed by atoms with Crippen molar-refractivity contribution in [1.29, 1.82) is 0 Å². The Kier molecular flexibility index (Phi) is 12.0. The van der Waals surface area contributed by atoms with Gasteiger partial charge in [0.25, 0.3) is 0 Å². The van der Waals surface area contributed by atoms with Gasteiger partial charge in [-0.2, -0.15) is 0 Å². The van der Waals surface area contributed by atoms with Crippen LogP contribution in [0.1, 0.15) is 95.1 Å². The molecule has 1 saturated carbocycles. The van der Waals surface area contributed by atoms with Crippen LogP contribution in [-0.4, -0.2) is 54.5 Å². The number of nitrogens with zero attached hydrogens (tertiary/aromatic N) is 1. The molecule has 0 unspecified atom stereocenters. The molecule has 2 aromatic carbocycles. The van der Waals surface area contributed by atoms with Crippen LogP contribution < -0.4 is 5.32 Å². The topological polar surface area (TPSA) is 82.0 Å². The lowest BCUT2D eigenvalue weighted by molar-refractivity contribution is -0.133. The average Bonchev–Trinajstić information content (AvgIpc) is 2.92. The summed E-state index contributed by atoms with van der Waals surface area (Å²) in [7, 11) is -2.09. The summed E-state index contributed by atoms with van der Waals surface area (Å²) in [5.41, 5.74) is 3.75. The van der Waals surface area contributed by atoms with Gasteiger partial charge in [0.15, 0.2) is 8.32 Å². The van der Waals surface area contributed by atoms with E-state index in [1.165, 1.54) is 24.8 Å². The molecular weight excluding hydrogens is 528 g/mol. The first-order chi connectivity index (χ1) is 19.3. The predicted molar refractivity (Wildman–Crippen MR) is 171 cm³/mol. The molecular formula is C34H54N2O4Si. The Morgan fingerprint density at radius 1 is 1.10 bits per heavy atom. The number of amides is 1. The van der Waals surface area contributed by atoms with Gasteiger partial charge in [-0.05, 0) is 80.1 Å². The molecule has 3 rings (SSSR count). The Bertz CT molecular complexity index is 1120. The van der Waals surface area contributed by atoms with Crippen LogP contribution in [0, 0.1) is 0 Å². The molecule has 41 heavy (non-hydrogen) atoms. The molecule has 6 nitrogen and oxygen atoms in total. The third-order valence-electron chi connectivity index (χ3n) is 9.11. The second kappa shape index (κ2) is 14.8. The fourth-order valence-electron chi connectivity index (χ4n) is 5.60. The second-order valence-corrected chi connectivity index (χ2v) is 18.2. The van der Waals surface area contributed by atoms with Gasteiger partial charge in [0.05, 0.1) is 19.1 Å². The minimum Gasteiger partial charge on any atom is -0.508 e. The van der Waals surface area contributed by atoms with Crippen molar-refractivity contribution >= 4 is 14.2 Å². The van der Waals surface area contributed by atoms with Crippen LogP contribution >= 0.6 is 0 Å². The van der Waals surface area contributed by atoms with E-state index in [2.05, 4.69) is 82.2 Å². The zero-order chi connectivity index (χ0) is 30.2. The molecule has 0 aliphatic heterocycles. The second-order valence-electron chi connectivity index (χ2n) is 13.4. The zero-order valence-electron chi connectivity index (χ0n) is 26.5. The highest BCUT2D eigenvalue weighted by atomic mass is 28.4. The van der Waals surface area contributed by atoms with Crippen molar-refractivity contribution in [3.8, 4) is 5.75 Å². The molecule has 2 aromatic rings. The lowest BCUT2D eigenvalue weighted by Gasteiger charge is -2.40. The van der Waals surface area contributed by atoms with Crippen molar-refractivity contribution < 1.29 is 19.4 Å². The first-order valence-electron chi connectivity index (χ1n) is 15.6. The molecule has 0 bridgehead atoms. The van der Waals surface area contributed by atoms with E-state index in [1.54, 1.807) is 6.07 Å². The van der Waals surface area contributed by atoms with Gasteiger partial charge in [-0.1, -0.05) is 70.4 Å². The number of nitrogens with one attached hydrogen (secondary N) is 1. The first-order valence-corrected chi connectivity index (χ1v) is 18.5. The van der Waals surface area contributed by atoms with E-state index < -0.39 is 8.32 Å². The SMILES string of the molecule is CCN(C(=O)Cc1cccc(C[C@@H](C)NC[C@H](O[Si](C)(C)C(C)(C)C)c2ccc(O)c(CO)c2)c1)C1CCCCC1. The third-order valence-corrected chi connectivity index (χ3v) is 13.6. The summed E-state index contributed by atoms with van der Waals surface area (Å²) >= 11 is 0. The largest absolute Gasteiger partial charge is 0.508 e. The van der Waals surface area contributed by atoms with E-state index in [1.807, 2.05) is 12.1 Å². The molecule has 0 heterocycles. The summed E-state index contributed by atoms with van der Waals surface area (Å²) in [5.74, 6) is 0.340. The number of aromatic hydroxyl groups is 1. The first kappa shape index (κ1) is 33.3. The molecule has 3 N–H and O–H groups in total. The Labute approximate surface area is 249 Å². The van der Waals surface area contributed by atoms with Crippen molar-refractivity contribution in [1.82, 2.24) is 10.2 Å². The summed E-state index contributed by atoms with van der Waals surface area (Å²) in [6.45, 7) is 16.7. The Morgan fingerprint density at radius 3 is 2.41 bits per heavy atom. The van der Waals surface area contributed by atoms with Crippen molar-refractivity contribution in [2.24, 2.45) is 0 Å². The summed E-state index contributed by atoms with van der Waals surface area (Å²) < 4.78 is 6.85. The minimum atomic E-state index is -2.09. The Balaban J connectivity index is 1.66. The van der Waals surface area contributed by atoms with Gasteiger partial charge in [-0.15, -0.1) is 0 Å². The standard InChI is InChI=1S/C34H54N2O4Si/c1-8-36(30-15-10-9-11-16-30)33(39)21-27-14-12-13-26(20-27)19-25(2)35-23-32(40-41(6,7)34(3,4)5)28-17-18-31(38)29(22-28)24-37/h12-14,17-18,20,22,25,30,32,35,37-38H,8-11,15-16,19,21,23-24H2,1-7H3/t25-,32+/m1/s1. The fourth-order valence-corrected chi connectivity index (χ4v) is 6.88. The number of aliphatic hydroxyl groups is 1. The molecule has 2 atom stereocenters. The number of aliphatic hydroxyl groups excluding tert-OH is 1. The number of carbonyl (C=O) groups excluding carboxylic acids is 1. The molecule has 0 saturated heterocycles. The lowest BCUT2D eigenvalue weighted by atomic mass is 9.93. The summed E-state index contributed by atoms with van der Waals surface area (Å²) in [4.78, 5) is 15.3. The van der Waals surface area contributed by atoms with Crippen molar-refractivity contribution in [2.45, 2.75) is 122 Å². The Morgan fingerprint density at radius 2 is 1.78 bits per heavy atom. The summed E-state index contributed by atoms with van der Waals surface area (Å²) in [5, 5.41) is 23.6. The highest BCUT2D eigenvalue weighted by molar-refractivity contribution is 6.74. The van der Waals surface area contributed by atoms with E-state index in [0.717, 1.165) is 36.9 Å². The van der Waals surface area contributed by atoms with Gasteiger partial charge in [0.1, 0.15) is 5.75 Å². The molecule has 7 heteroatoms. The normalized spacial score (nSPS) is 16.4. The number of rotatable bonds is 13. The maximum atomic E-state index is 13.2. The summed E-state index contributed by atoms with van der Waals surface area (Å²) in [6.07, 6.45) is 7.11. The fraction of sp³-hybridized carbons (Fsp3) is 0.618. The smallest absolute Gasteiger partial charge is 0.227 e. The van der Waals surface area contributed by atoms with Crippen LogP contribution in [0.15, 0.2) is 42.5 Å². The van der Waals surface area contributed by atoms with Gasteiger partial charge in [0.2, 0.25) is 5.91 Å². The molecule has 228 valence electrons. The van der Waals surface area contributed by atoms with E-state index in [0.29, 0.717) is 24.6 Å². The molecule has 1 amide bonds. The maximum Gasteiger partial charge on any atom is 0.227 e. The molecule has 1 aliphatic rings. The van der Waals surface area contributed by atoms with Crippen LogP contribution in [0.2, 0.25) is 18.1 Å². The van der Waals surface area contributed by atoms with Crippen LogP contribution in [-0.2, 0) is 28.7 Å². The van der Waals surface area contributed by atoms with Crippen molar-refractivity contribution in [3.63, 3.8) is 0 Å². The molecule has 1 fully saturated rings. The van der Waals surface area contributed by atoms with Gasteiger partial charge < -0.3 is 24.9 Å². The number of benzene rings is 2. The van der Waals surface area contributed by atoms with Crippen molar-refractivity contribution in [2.75, 3.05) is 13.1 Å². The molecule has 0 radical (unpaired) electrons. The highest BCUT2D eigenvalue weighted by Crippen LogP contribution is 2.40. The number of phenols is 1. The molecule has 0 spiro atoms. The van der Waals surface area contributed by atoms with Gasteiger partial charge in [0, 0.05) is 30.7 Å². The number of hydrogen-bond acceptors (Lipinski definition) is 5. The minimum absolute atomic E-state index is 0.0514. The number of hydrogen-bond donors (Lipinski definition) is 3. The highest BCUT2D eigenvalue weighted by Gasteiger charge is 2.39. The van der Waals surface area contributed by atoms with Crippen LogP contribution in [0.5, 0.6) is 5.75 Å². The van der Waals surface area contributed by atoms with E-state index in [9.17, 15) is 15.0 Å². The molecule has 1 aliphatic carbocycles. The maximum absolute atomic E-state index is 13.2. The monoisotopic (exact) mass is 582 g/mol. The van der Waals surface area contributed by atoms with E-state index >= 15 is 0 Å². The molecule has 0 aromatic heterocycles. The number of carbonyl (C=O) groups is 1. The third kappa shape index (κ3) is 9.40. The predicted octanol–water partition coefficient (Wildman–Crippen LogP) is 6.89. The quantitative estimate of drug-likeness (QED) is 0.224. The Hall–Kier alpha value is -2.19. The van der Waals surface area contributed by atoms with Gasteiger partial charge >= 0.3 is 0 Å². The average molecular weight is 583 g/mol. The van der Waals surface area contributed by atoms with Crippen LogP contribution in [0.25, 0.3) is 0 Å². The summed E-state index contributed by atoms with van der Waals surface area (Å²) in [6, 6.07) is 14.4. The van der Waals surface area contributed by atoms with Crippen LogP contribution in [0.4, 0.5) is 0 Å². The van der Waals surface area contributed by atoms with Crippen molar-refractivity contribution in [3.05, 3.63) is 64.7 Å². The van der Waals surface area contributed by atoms with Crippen LogP contribution in [0.3, 0.4) is 0 Å². The van der Waals surface area contributed by atoms with E-state index in [4.69, 9.17) is 4.43 Å². The zero-order valence-corrected chi connectivity index (χ0v) is 27.5. The lowest BCUT2D eigenvalue weighted by Crippen LogP contribution is -2.44. The van der Waals surface area contributed by atoms with Gasteiger partial charge in [-0.3, -0.25) is 4.79 Å².